The SMILES string of the molecule is CN(C(=O)N(C1CCN(c2ccncc2)CC1)C1CCOc2ccc(OC(=O)O)cc21)c1cc(C(F)(F)F)ccc1Cl. The van der Waals surface area contributed by atoms with E-state index in [1.54, 1.807) is 23.4 Å². The molecule has 1 saturated heterocycles. The fraction of sp³-hybridized carbons (Fsp3) is 0.345. The zero-order chi connectivity index (χ0) is 30.0. The van der Waals surface area contributed by atoms with E-state index in [2.05, 4.69) is 9.88 Å². The summed E-state index contributed by atoms with van der Waals surface area (Å²) in [5, 5.41) is 9.13. The van der Waals surface area contributed by atoms with Gasteiger partial charge >= 0.3 is 18.4 Å². The van der Waals surface area contributed by atoms with E-state index < -0.39 is 30.0 Å². The topological polar surface area (TPSA) is 95.4 Å². The summed E-state index contributed by atoms with van der Waals surface area (Å²) in [5.74, 6) is 0.529. The van der Waals surface area contributed by atoms with Crippen molar-refractivity contribution < 1.29 is 37.3 Å². The Morgan fingerprint density at radius 2 is 1.79 bits per heavy atom. The Kier molecular flexibility index (Phi) is 8.35. The van der Waals surface area contributed by atoms with Gasteiger partial charge in [-0.2, -0.15) is 13.2 Å². The van der Waals surface area contributed by atoms with E-state index in [9.17, 15) is 22.8 Å². The van der Waals surface area contributed by atoms with Crippen LogP contribution in [-0.4, -0.2) is 60.0 Å². The van der Waals surface area contributed by atoms with Crippen molar-refractivity contribution in [3.63, 3.8) is 0 Å². The number of ether oxygens (including phenoxy) is 2. The predicted molar refractivity (Wildman–Crippen MR) is 150 cm³/mol. The number of benzene rings is 2. The van der Waals surface area contributed by atoms with Crippen LogP contribution in [0.25, 0.3) is 0 Å². The first kappa shape index (κ1) is 29.3. The molecular formula is C29H28ClF3N4O5. The van der Waals surface area contributed by atoms with Gasteiger partial charge in [-0.05, 0) is 61.4 Å². The lowest BCUT2D eigenvalue weighted by atomic mass is 9.94. The highest BCUT2D eigenvalue weighted by Crippen LogP contribution is 2.42. The van der Waals surface area contributed by atoms with Crippen LogP contribution >= 0.6 is 11.6 Å². The molecule has 2 aliphatic rings. The first-order chi connectivity index (χ1) is 20.0. The Balaban J connectivity index is 1.51. The molecule has 0 bridgehead atoms. The molecule has 3 heterocycles. The number of piperidine rings is 1. The van der Waals surface area contributed by atoms with E-state index in [0.29, 0.717) is 43.7 Å². The summed E-state index contributed by atoms with van der Waals surface area (Å²) in [7, 11) is 1.40. The molecule has 0 aliphatic carbocycles. The Morgan fingerprint density at radius 1 is 1.07 bits per heavy atom. The van der Waals surface area contributed by atoms with Gasteiger partial charge in [0.15, 0.2) is 0 Å². The molecule has 13 heteroatoms. The minimum atomic E-state index is -4.62. The molecule has 1 atom stereocenters. The number of nitrogens with zero attached hydrogens (tertiary/aromatic N) is 4. The lowest BCUT2D eigenvalue weighted by Gasteiger charge is -2.45. The standard InChI is InChI=1S/C29H28ClF3N4O5/c1-35(25-16-18(29(31,32)33)2-4-23(25)30)27(38)37(20-8-13-36(14-9-20)19-6-11-34-12-7-19)24-10-15-41-26-5-3-21(17-22(24)26)42-28(39)40/h2-7,11-12,16-17,20,24H,8-10,13-15H2,1H3,(H,39,40). The van der Waals surface area contributed by atoms with Crippen molar-refractivity contribution >= 4 is 35.2 Å². The molecule has 2 amide bonds. The maximum atomic E-state index is 14.3. The summed E-state index contributed by atoms with van der Waals surface area (Å²) in [6.45, 7) is 1.54. The highest BCUT2D eigenvalue weighted by atomic mass is 35.5. The van der Waals surface area contributed by atoms with Gasteiger partial charge < -0.3 is 24.4 Å². The van der Waals surface area contributed by atoms with Crippen LogP contribution in [0.2, 0.25) is 5.02 Å². The third-order valence-electron chi connectivity index (χ3n) is 7.56. The van der Waals surface area contributed by atoms with Crippen molar-refractivity contribution in [2.45, 2.75) is 37.5 Å². The van der Waals surface area contributed by atoms with Crippen LogP contribution in [0.3, 0.4) is 0 Å². The van der Waals surface area contributed by atoms with Crippen LogP contribution in [0.4, 0.5) is 34.1 Å². The normalized spacial score (nSPS) is 17.2. The zero-order valence-corrected chi connectivity index (χ0v) is 23.3. The molecule has 0 radical (unpaired) electrons. The number of carbonyl (C=O) groups excluding carboxylic acids is 1. The first-order valence-corrected chi connectivity index (χ1v) is 13.7. The molecule has 5 rings (SSSR count). The second kappa shape index (κ2) is 12.0. The quantitative estimate of drug-likeness (QED) is 0.251. The number of amides is 2. The second-order valence-electron chi connectivity index (χ2n) is 10.1. The molecule has 1 unspecified atom stereocenters. The number of hydrogen-bond donors (Lipinski definition) is 1. The average Bonchev–Trinajstić information content (AvgIpc) is 2.97. The first-order valence-electron chi connectivity index (χ1n) is 13.3. The summed E-state index contributed by atoms with van der Waals surface area (Å²) < 4.78 is 51.3. The van der Waals surface area contributed by atoms with Gasteiger partial charge in [0.2, 0.25) is 0 Å². The number of carboxylic acid groups (broad SMARTS) is 1. The van der Waals surface area contributed by atoms with Gasteiger partial charge in [-0.1, -0.05) is 11.6 Å². The summed E-state index contributed by atoms with van der Waals surface area (Å²) in [5.41, 5.74) is 0.547. The molecular weight excluding hydrogens is 577 g/mol. The van der Waals surface area contributed by atoms with Crippen molar-refractivity contribution in [2.24, 2.45) is 0 Å². The van der Waals surface area contributed by atoms with Gasteiger partial charge in [0.25, 0.3) is 0 Å². The minimum Gasteiger partial charge on any atom is -0.493 e. The molecule has 0 saturated carbocycles. The van der Waals surface area contributed by atoms with Crippen LogP contribution in [0.15, 0.2) is 60.9 Å². The summed E-state index contributed by atoms with van der Waals surface area (Å²) in [6.07, 6.45) is -1.15. The van der Waals surface area contributed by atoms with Crippen molar-refractivity contribution in [2.75, 3.05) is 36.5 Å². The third kappa shape index (κ3) is 6.18. The van der Waals surface area contributed by atoms with Crippen molar-refractivity contribution in [3.8, 4) is 11.5 Å². The summed E-state index contributed by atoms with van der Waals surface area (Å²) in [4.78, 5) is 34.6. The van der Waals surface area contributed by atoms with E-state index in [-0.39, 0.29) is 29.1 Å². The second-order valence-corrected chi connectivity index (χ2v) is 10.5. The monoisotopic (exact) mass is 604 g/mol. The Bertz CT molecular complexity index is 1450. The molecule has 2 aliphatic heterocycles. The molecule has 1 N–H and O–H groups in total. The van der Waals surface area contributed by atoms with E-state index >= 15 is 0 Å². The van der Waals surface area contributed by atoms with Crippen LogP contribution in [0.5, 0.6) is 11.5 Å². The predicted octanol–water partition coefficient (Wildman–Crippen LogP) is 6.86. The highest BCUT2D eigenvalue weighted by Gasteiger charge is 2.39. The molecule has 42 heavy (non-hydrogen) atoms. The van der Waals surface area contributed by atoms with Crippen LogP contribution < -0.4 is 19.3 Å². The number of aromatic nitrogens is 1. The highest BCUT2D eigenvalue weighted by molar-refractivity contribution is 6.33. The number of pyridine rings is 1. The Hall–Kier alpha value is -4.19. The van der Waals surface area contributed by atoms with Crippen LogP contribution in [0.1, 0.15) is 36.4 Å². The minimum absolute atomic E-state index is 0.00386. The summed E-state index contributed by atoms with van der Waals surface area (Å²) in [6, 6.07) is 9.85. The van der Waals surface area contributed by atoms with Crippen molar-refractivity contribution in [3.05, 3.63) is 77.1 Å². The van der Waals surface area contributed by atoms with Crippen molar-refractivity contribution in [1.82, 2.24) is 9.88 Å². The molecule has 3 aromatic rings. The number of rotatable bonds is 5. The molecule has 1 aromatic heterocycles. The van der Waals surface area contributed by atoms with Gasteiger partial charge in [0.05, 0.1) is 28.9 Å². The maximum Gasteiger partial charge on any atom is 0.511 e. The number of fused-ring (bicyclic) bond motifs is 1. The lowest BCUT2D eigenvalue weighted by molar-refractivity contribution is -0.137. The molecule has 2 aromatic carbocycles. The molecule has 1 fully saturated rings. The fourth-order valence-electron chi connectivity index (χ4n) is 5.53. The van der Waals surface area contributed by atoms with E-state index in [1.165, 1.54) is 19.2 Å². The molecule has 9 nitrogen and oxygen atoms in total. The number of alkyl halides is 3. The number of urea groups is 1. The molecule has 0 spiro atoms. The Labute approximate surface area is 245 Å². The number of anilines is 2. The largest absolute Gasteiger partial charge is 0.511 e. The van der Waals surface area contributed by atoms with E-state index in [0.717, 1.165) is 28.8 Å². The van der Waals surface area contributed by atoms with E-state index in [1.807, 2.05) is 12.1 Å². The van der Waals surface area contributed by atoms with Gasteiger partial charge in [-0.3, -0.25) is 9.88 Å². The van der Waals surface area contributed by atoms with Gasteiger partial charge in [0, 0.05) is 56.2 Å². The maximum absolute atomic E-state index is 14.3. The van der Waals surface area contributed by atoms with Crippen LogP contribution in [-0.2, 0) is 6.18 Å². The lowest BCUT2D eigenvalue weighted by Crippen LogP contribution is -2.53. The fourth-order valence-corrected chi connectivity index (χ4v) is 5.78. The number of carbonyl (C=O) groups is 2. The van der Waals surface area contributed by atoms with Crippen LogP contribution in [0, 0.1) is 0 Å². The Morgan fingerprint density at radius 3 is 2.45 bits per heavy atom. The third-order valence-corrected chi connectivity index (χ3v) is 7.88. The number of hydrogen-bond acceptors (Lipinski definition) is 6. The zero-order valence-electron chi connectivity index (χ0n) is 22.6. The van der Waals surface area contributed by atoms with Gasteiger partial charge in [0.1, 0.15) is 11.5 Å². The summed E-state index contributed by atoms with van der Waals surface area (Å²) >= 11 is 6.32. The van der Waals surface area contributed by atoms with Crippen molar-refractivity contribution in [1.29, 1.82) is 0 Å². The van der Waals surface area contributed by atoms with E-state index in [4.69, 9.17) is 26.2 Å². The number of halogens is 4. The van der Waals surface area contributed by atoms with Gasteiger partial charge in [-0.15, -0.1) is 0 Å². The smallest absolute Gasteiger partial charge is 0.493 e. The van der Waals surface area contributed by atoms with Gasteiger partial charge in [-0.25, -0.2) is 9.59 Å². The molecule has 222 valence electrons. The average molecular weight is 605 g/mol.